The second-order valence-corrected chi connectivity index (χ2v) is 4.17. The van der Waals surface area contributed by atoms with Crippen molar-refractivity contribution in [1.82, 2.24) is 10.3 Å². The highest BCUT2D eigenvalue weighted by molar-refractivity contribution is 5.98. The Balaban J connectivity index is 2.71. The second kappa shape index (κ2) is 7.01. The van der Waals surface area contributed by atoms with E-state index >= 15 is 0 Å². The molecule has 0 atom stereocenters. The zero-order chi connectivity index (χ0) is 12.7. The molecule has 1 rings (SSSR count). The summed E-state index contributed by atoms with van der Waals surface area (Å²) in [6, 6.07) is 0. The van der Waals surface area contributed by atoms with Crippen LogP contribution in [0.5, 0.6) is 0 Å². The van der Waals surface area contributed by atoms with Gasteiger partial charge in [-0.05, 0) is 39.3 Å². The number of allylic oxidation sites excluding steroid dienone is 2. The first-order chi connectivity index (χ1) is 8.15. The van der Waals surface area contributed by atoms with Crippen LogP contribution in [0.3, 0.4) is 0 Å². The van der Waals surface area contributed by atoms with Gasteiger partial charge in [-0.3, -0.25) is 10.0 Å². The van der Waals surface area contributed by atoms with Gasteiger partial charge in [-0.2, -0.15) is 5.10 Å². The molecule has 0 fully saturated rings. The Bertz CT molecular complexity index is 352. The molecule has 94 valence electrons. The zero-order valence-corrected chi connectivity index (χ0v) is 11.0. The molecule has 1 N–H and O–H groups in total. The van der Waals surface area contributed by atoms with Crippen molar-refractivity contribution >= 4 is 11.9 Å². The third kappa shape index (κ3) is 4.53. The molecule has 4 heteroatoms. The third-order valence-corrected chi connectivity index (χ3v) is 2.63. The van der Waals surface area contributed by atoms with E-state index in [0.29, 0.717) is 0 Å². The molecule has 0 saturated heterocycles. The zero-order valence-electron chi connectivity index (χ0n) is 11.0. The molecule has 0 saturated carbocycles. The van der Waals surface area contributed by atoms with E-state index in [0.717, 1.165) is 37.3 Å². The first-order valence-electron chi connectivity index (χ1n) is 5.99. The molecule has 1 aliphatic rings. The topological polar surface area (TPSA) is 40.0 Å². The summed E-state index contributed by atoms with van der Waals surface area (Å²) in [6.45, 7) is 9.67. The molecule has 1 aliphatic heterocycles. The molecule has 0 unspecified atom stereocenters. The molecule has 0 aliphatic carbocycles. The van der Waals surface area contributed by atoms with Gasteiger partial charge in [0.05, 0.1) is 12.3 Å². The van der Waals surface area contributed by atoms with Crippen LogP contribution in [0.2, 0.25) is 0 Å². The molecule has 1 heterocycles. The van der Waals surface area contributed by atoms with Gasteiger partial charge in [0, 0.05) is 24.7 Å². The van der Waals surface area contributed by atoms with Crippen LogP contribution < -0.4 is 5.32 Å². The maximum Gasteiger partial charge on any atom is 0.0626 e. The summed E-state index contributed by atoms with van der Waals surface area (Å²) in [7, 11) is 1.94. The Hall–Kier alpha value is -1.42. The molecule has 0 aromatic carbocycles. The Morgan fingerprint density at radius 1 is 1.59 bits per heavy atom. The minimum absolute atomic E-state index is 0.833. The van der Waals surface area contributed by atoms with E-state index < -0.39 is 0 Å². The van der Waals surface area contributed by atoms with Crippen molar-refractivity contribution in [2.75, 3.05) is 20.1 Å². The normalized spacial score (nSPS) is 15.7. The number of nitrogens with zero attached hydrogens (tertiary/aromatic N) is 3. The van der Waals surface area contributed by atoms with Gasteiger partial charge in [0.25, 0.3) is 0 Å². The number of aliphatic imine (C=N–C) groups is 1. The Morgan fingerprint density at radius 2 is 2.35 bits per heavy atom. The van der Waals surface area contributed by atoms with Gasteiger partial charge >= 0.3 is 0 Å². The summed E-state index contributed by atoms with van der Waals surface area (Å²) < 4.78 is 0. The summed E-state index contributed by atoms with van der Waals surface area (Å²) >= 11 is 0. The van der Waals surface area contributed by atoms with E-state index in [1.807, 2.05) is 38.3 Å². The highest BCUT2D eigenvalue weighted by Gasteiger charge is 2.07. The molecular weight excluding hydrogens is 212 g/mol. The van der Waals surface area contributed by atoms with E-state index in [2.05, 4.69) is 22.0 Å². The van der Waals surface area contributed by atoms with Crippen molar-refractivity contribution in [3.05, 3.63) is 24.0 Å². The van der Waals surface area contributed by atoms with Crippen LogP contribution in [0, 0.1) is 0 Å². The Labute approximate surface area is 104 Å². The lowest BCUT2D eigenvalue weighted by molar-refractivity contribution is 0.366. The predicted octanol–water partition coefficient (Wildman–Crippen LogP) is 2.17. The largest absolute Gasteiger partial charge is 0.318 e. The molecule has 17 heavy (non-hydrogen) atoms. The first kappa shape index (κ1) is 13.6. The minimum Gasteiger partial charge on any atom is -0.318 e. The number of hydrazone groups is 1. The van der Waals surface area contributed by atoms with Crippen LogP contribution in [0.25, 0.3) is 0 Å². The highest BCUT2D eigenvalue weighted by atomic mass is 15.5. The van der Waals surface area contributed by atoms with E-state index in [-0.39, 0.29) is 0 Å². The van der Waals surface area contributed by atoms with Gasteiger partial charge in [-0.1, -0.05) is 6.58 Å². The molecular formula is C13H22N4. The van der Waals surface area contributed by atoms with Crippen LogP contribution >= 0.6 is 0 Å². The number of likely N-dealkylation sites (N-methyl/N-ethyl adjacent to an activating group) is 1. The van der Waals surface area contributed by atoms with Crippen molar-refractivity contribution in [2.24, 2.45) is 10.1 Å². The van der Waals surface area contributed by atoms with Crippen molar-refractivity contribution in [2.45, 2.75) is 26.7 Å². The lowest BCUT2D eigenvalue weighted by Gasteiger charge is -2.20. The molecule has 0 aromatic heterocycles. The maximum absolute atomic E-state index is 4.61. The van der Waals surface area contributed by atoms with E-state index in [4.69, 9.17) is 0 Å². The fraction of sp³-hybridized carbons (Fsp3) is 0.538. The number of rotatable bonds is 6. The summed E-state index contributed by atoms with van der Waals surface area (Å²) in [5.41, 5.74) is 3.20. The van der Waals surface area contributed by atoms with Crippen LogP contribution in [0.4, 0.5) is 0 Å². The fourth-order valence-corrected chi connectivity index (χ4v) is 1.57. The van der Waals surface area contributed by atoms with Crippen molar-refractivity contribution < 1.29 is 0 Å². The SMILES string of the molecule is C=C(C)N(CCNC)/N=C(\C)C1=CN=CCC1. The fourth-order valence-electron chi connectivity index (χ4n) is 1.57. The van der Waals surface area contributed by atoms with Gasteiger partial charge in [0.15, 0.2) is 0 Å². The van der Waals surface area contributed by atoms with E-state index in [1.54, 1.807) is 0 Å². The van der Waals surface area contributed by atoms with Gasteiger partial charge in [-0.25, -0.2) is 0 Å². The van der Waals surface area contributed by atoms with Crippen LogP contribution in [-0.4, -0.2) is 37.1 Å². The average molecular weight is 234 g/mol. The number of hydrogen-bond donors (Lipinski definition) is 1. The van der Waals surface area contributed by atoms with Crippen LogP contribution in [-0.2, 0) is 0 Å². The van der Waals surface area contributed by atoms with Crippen molar-refractivity contribution in [3.8, 4) is 0 Å². The summed E-state index contributed by atoms with van der Waals surface area (Å²) in [5.74, 6) is 0. The molecule has 0 spiro atoms. The molecule has 0 radical (unpaired) electrons. The number of hydrogen-bond acceptors (Lipinski definition) is 4. The third-order valence-electron chi connectivity index (χ3n) is 2.63. The lowest BCUT2D eigenvalue weighted by Crippen LogP contribution is -2.26. The minimum atomic E-state index is 0.833. The van der Waals surface area contributed by atoms with Gasteiger partial charge < -0.3 is 5.32 Å². The average Bonchev–Trinajstić information content (AvgIpc) is 2.35. The van der Waals surface area contributed by atoms with E-state index in [1.165, 1.54) is 5.57 Å². The first-order valence-corrected chi connectivity index (χ1v) is 5.99. The summed E-state index contributed by atoms with van der Waals surface area (Å²) in [5, 5.41) is 9.66. The highest BCUT2D eigenvalue weighted by Crippen LogP contribution is 2.13. The van der Waals surface area contributed by atoms with E-state index in [9.17, 15) is 0 Å². The predicted molar refractivity (Wildman–Crippen MR) is 74.4 cm³/mol. The van der Waals surface area contributed by atoms with Gasteiger partial charge in [0.2, 0.25) is 0 Å². The standard InChI is InChI=1S/C13H22N4/c1-11(2)17(9-8-14-4)16-12(3)13-6-5-7-15-10-13/h7,10,14H,1,5-6,8-9H2,2-4H3/b16-12+. The summed E-state index contributed by atoms with van der Waals surface area (Å²) in [6.07, 6.45) is 5.86. The monoisotopic (exact) mass is 234 g/mol. The molecule has 0 aromatic rings. The quantitative estimate of drug-likeness (QED) is 0.565. The molecule has 0 amide bonds. The summed E-state index contributed by atoms with van der Waals surface area (Å²) in [4.78, 5) is 4.17. The second-order valence-electron chi connectivity index (χ2n) is 4.17. The van der Waals surface area contributed by atoms with Crippen LogP contribution in [0.1, 0.15) is 26.7 Å². The van der Waals surface area contributed by atoms with Gasteiger partial charge in [0.1, 0.15) is 0 Å². The van der Waals surface area contributed by atoms with Crippen molar-refractivity contribution in [1.29, 1.82) is 0 Å². The maximum atomic E-state index is 4.61. The molecule has 4 nitrogen and oxygen atoms in total. The Morgan fingerprint density at radius 3 is 2.88 bits per heavy atom. The smallest absolute Gasteiger partial charge is 0.0626 e. The van der Waals surface area contributed by atoms with Crippen molar-refractivity contribution in [3.63, 3.8) is 0 Å². The number of nitrogens with one attached hydrogen (secondary N) is 1. The Kier molecular flexibility index (Phi) is 5.63. The molecule has 0 bridgehead atoms. The van der Waals surface area contributed by atoms with Crippen LogP contribution in [0.15, 0.2) is 34.1 Å². The lowest BCUT2D eigenvalue weighted by atomic mass is 10.1. The van der Waals surface area contributed by atoms with Gasteiger partial charge in [-0.15, -0.1) is 0 Å².